The van der Waals surface area contributed by atoms with Gasteiger partial charge in [0.2, 0.25) is 0 Å². The van der Waals surface area contributed by atoms with Crippen molar-refractivity contribution in [3.8, 4) is 11.4 Å². The molecule has 5 aromatic rings. The summed E-state index contributed by atoms with van der Waals surface area (Å²) in [4.78, 5) is 7.59. The van der Waals surface area contributed by atoms with E-state index < -0.39 is 0 Å². The monoisotopic (exact) mass is 496 g/mol. The highest BCUT2D eigenvalue weighted by atomic mass is 35.5. The smallest absolute Gasteiger partial charge is 0.197 e. The van der Waals surface area contributed by atoms with Crippen LogP contribution < -0.4 is 0 Å². The lowest BCUT2D eigenvalue weighted by Gasteiger charge is -2.12. The average Bonchev–Trinajstić information content (AvgIpc) is 3.39. The minimum atomic E-state index is 0.671. The van der Waals surface area contributed by atoms with E-state index in [1.807, 2.05) is 48.5 Å². The number of rotatable bonds is 4. The number of hydrogen-bond acceptors (Lipinski definition) is 5. The lowest BCUT2D eigenvalue weighted by molar-refractivity contribution is 0.700. The molecule has 2 aromatic carbocycles. The summed E-state index contributed by atoms with van der Waals surface area (Å²) in [7, 11) is 0. The summed E-state index contributed by atoms with van der Waals surface area (Å²) in [6.07, 6.45) is 4.65. The van der Waals surface area contributed by atoms with Crippen LogP contribution >= 0.6 is 46.3 Å². The van der Waals surface area contributed by atoms with Crippen LogP contribution in [0.25, 0.3) is 27.3 Å². The summed E-state index contributed by atoms with van der Waals surface area (Å²) in [5.41, 5.74) is 4.35. The summed E-state index contributed by atoms with van der Waals surface area (Å²) < 4.78 is 2.09. The number of aromatic nitrogens is 4. The predicted molar refractivity (Wildman–Crippen MR) is 134 cm³/mol. The Bertz CT molecular complexity index is 1460. The van der Waals surface area contributed by atoms with E-state index >= 15 is 0 Å². The second-order valence-electron chi connectivity index (χ2n) is 7.86. The number of benzene rings is 2. The fraction of sp³-hybridized carbons (Fsp3) is 0.208. The molecule has 0 aliphatic heterocycles. The van der Waals surface area contributed by atoms with Crippen LogP contribution in [0.1, 0.15) is 28.8 Å². The Hall–Kier alpha value is -2.12. The van der Waals surface area contributed by atoms with Gasteiger partial charge in [0.25, 0.3) is 0 Å². The standard InChI is InChI=1S/C24H18Cl2N4S2/c25-15-11-9-14(10-12-15)13-31-24-29-28-22-20-17-6-2-4-8-19(17)32-23(20)27-21(30(22)24)16-5-1-3-7-18(16)26/h1,3,5,7,9-12H,2,4,6,8,13H2. The molecule has 0 bridgehead atoms. The third kappa shape index (κ3) is 3.50. The van der Waals surface area contributed by atoms with Gasteiger partial charge in [0.15, 0.2) is 16.6 Å². The van der Waals surface area contributed by atoms with Crippen LogP contribution in [0, 0.1) is 0 Å². The molecule has 6 rings (SSSR count). The zero-order valence-corrected chi connectivity index (χ0v) is 20.2. The highest BCUT2D eigenvalue weighted by Gasteiger charge is 2.24. The Balaban J connectivity index is 1.55. The van der Waals surface area contributed by atoms with Gasteiger partial charge in [-0.15, -0.1) is 21.5 Å². The van der Waals surface area contributed by atoms with Gasteiger partial charge in [0.05, 0.1) is 10.4 Å². The molecule has 0 atom stereocenters. The van der Waals surface area contributed by atoms with Crippen LogP contribution in [0.5, 0.6) is 0 Å². The van der Waals surface area contributed by atoms with Crippen LogP contribution in [0.3, 0.4) is 0 Å². The Kier molecular flexibility index (Phi) is 5.34. The van der Waals surface area contributed by atoms with Crippen molar-refractivity contribution < 1.29 is 0 Å². The van der Waals surface area contributed by atoms with E-state index in [4.69, 9.17) is 28.2 Å². The summed E-state index contributed by atoms with van der Waals surface area (Å²) in [5, 5.41) is 12.6. The number of thiophene rings is 1. The van der Waals surface area contributed by atoms with Gasteiger partial charge in [0.1, 0.15) is 4.83 Å². The molecule has 8 heteroatoms. The van der Waals surface area contributed by atoms with Crippen molar-refractivity contribution in [1.82, 2.24) is 19.6 Å². The molecule has 0 N–H and O–H groups in total. The summed E-state index contributed by atoms with van der Waals surface area (Å²) in [5.74, 6) is 1.56. The molecular formula is C24H18Cl2N4S2. The van der Waals surface area contributed by atoms with E-state index in [9.17, 15) is 0 Å². The van der Waals surface area contributed by atoms with Crippen molar-refractivity contribution in [1.29, 1.82) is 0 Å². The van der Waals surface area contributed by atoms with Gasteiger partial charge >= 0.3 is 0 Å². The first-order valence-corrected chi connectivity index (χ1v) is 13.1. The first-order valence-electron chi connectivity index (χ1n) is 10.5. The molecule has 1 aliphatic rings. The maximum absolute atomic E-state index is 6.61. The van der Waals surface area contributed by atoms with E-state index in [-0.39, 0.29) is 0 Å². The second kappa shape index (κ2) is 8.34. The molecule has 3 aromatic heterocycles. The minimum Gasteiger partial charge on any atom is -0.253 e. The number of fused-ring (bicyclic) bond motifs is 5. The maximum atomic E-state index is 6.61. The highest BCUT2D eigenvalue weighted by Crippen LogP contribution is 2.40. The zero-order chi connectivity index (χ0) is 21.7. The number of hydrogen-bond donors (Lipinski definition) is 0. The van der Waals surface area contributed by atoms with Crippen molar-refractivity contribution in [2.75, 3.05) is 0 Å². The van der Waals surface area contributed by atoms with E-state index in [0.29, 0.717) is 5.02 Å². The minimum absolute atomic E-state index is 0.671. The number of thioether (sulfide) groups is 1. The third-order valence-electron chi connectivity index (χ3n) is 5.82. The van der Waals surface area contributed by atoms with E-state index in [1.54, 1.807) is 23.1 Å². The lowest BCUT2D eigenvalue weighted by Crippen LogP contribution is -2.01. The van der Waals surface area contributed by atoms with Gasteiger partial charge in [-0.25, -0.2) is 4.98 Å². The third-order valence-corrected chi connectivity index (χ3v) is 8.59. The quantitative estimate of drug-likeness (QED) is 0.241. The first kappa shape index (κ1) is 20.5. The molecule has 0 amide bonds. The van der Waals surface area contributed by atoms with E-state index in [0.717, 1.165) is 56.0 Å². The molecular weight excluding hydrogens is 479 g/mol. The van der Waals surface area contributed by atoms with Crippen molar-refractivity contribution >= 4 is 62.2 Å². The van der Waals surface area contributed by atoms with Gasteiger partial charge in [0, 0.05) is 21.2 Å². The molecule has 0 saturated carbocycles. The van der Waals surface area contributed by atoms with Gasteiger partial charge in [-0.2, -0.15) is 0 Å². The first-order chi connectivity index (χ1) is 15.7. The van der Waals surface area contributed by atoms with Crippen LogP contribution in [0.2, 0.25) is 10.0 Å². The van der Waals surface area contributed by atoms with Crippen molar-refractivity contribution in [2.45, 2.75) is 36.6 Å². The van der Waals surface area contributed by atoms with Crippen LogP contribution in [-0.4, -0.2) is 19.6 Å². The molecule has 0 radical (unpaired) electrons. The fourth-order valence-corrected chi connectivity index (χ4v) is 6.77. The summed E-state index contributed by atoms with van der Waals surface area (Å²) in [6, 6.07) is 15.8. The largest absolute Gasteiger partial charge is 0.253 e. The fourth-order valence-electron chi connectivity index (χ4n) is 4.28. The van der Waals surface area contributed by atoms with Crippen LogP contribution in [0.4, 0.5) is 0 Å². The molecule has 4 nitrogen and oxygen atoms in total. The van der Waals surface area contributed by atoms with Gasteiger partial charge in [-0.3, -0.25) is 4.40 Å². The molecule has 32 heavy (non-hydrogen) atoms. The molecule has 0 fully saturated rings. The molecule has 160 valence electrons. The Morgan fingerprint density at radius 1 is 0.969 bits per heavy atom. The SMILES string of the molecule is Clc1ccc(CSc2nnc3c4c5c(sc4nc(-c4ccccc4Cl)n23)CCCC5)cc1. The van der Waals surface area contributed by atoms with Crippen molar-refractivity contribution in [2.24, 2.45) is 0 Å². The van der Waals surface area contributed by atoms with Gasteiger partial charge in [-0.05, 0) is 61.1 Å². The van der Waals surface area contributed by atoms with Gasteiger partial charge in [-0.1, -0.05) is 59.2 Å². The normalized spacial score (nSPS) is 13.7. The Labute approximate surface area is 203 Å². The average molecular weight is 497 g/mol. The van der Waals surface area contributed by atoms with Crippen LogP contribution in [-0.2, 0) is 18.6 Å². The second-order valence-corrected chi connectivity index (χ2v) is 10.7. The molecule has 0 spiro atoms. The molecule has 0 unspecified atom stereocenters. The Morgan fingerprint density at radius 3 is 2.62 bits per heavy atom. The van der Waals surface area contributed by atoms with Crippen LogP contribution in [0.15, 0.2) is 53.7 Å². The maximum Gasteiger partial charge on any atom is 0.197 e. The van der Waals surface area contributed by atoms with Gasteiger partial charge < -0.3 is 0 Å². The summed E-state index contributed by atoms with van der Waals surface area (Å²) >= 11 is 16.1. The molecule has 0 saturated heterocycles. The topological polar surface area (TPSA) is 43.1 Å². The molecule has 3 heterocycles. The Morgan fingerprint density at radius 2 is 1.78 bits per heavy atom. The van der Waals surface area contributed by atoms with Crippen molar-refractivity contribution in [3.05, 3.63) is 74.6 Å². The number of aryl methyl sites for hydroxylation is 2. The number of halogens is 2. The summed E-state index contributed by atoms with van der Waals surface area (Å²) in [6.45, 7) is 0. The number of nitrogens with zero attached hydrogens (tertiary/aromatic N) is 4. The predicted octanol–water partition coefficient (Wildman–Crippen LogP) is 7.48. The highest BCUT2D eigenvalue weighted by molar-refractivity contribution is 7.98. The van der Waals surface area contributed by atoms with E-state index in [1.165, 1.54) is 28.8 Å². The van der Waals surface area contributed by atoms with E-state index in [2.05, 4.69) is 14.6 Å². The lowest BCUT2D eigenvalue weighted by atomic mass is 9.97. The van der Waals surface area contributed by atoms with Crippen molar-refractivity contribution in [3.63, 3.8) is 0 Å². The zero-order valence-electron chi connectivity index (χ0n) is 17.0. The molecule has 1 aliphatic carbocycles.